The van der Waals surface area contributed by atoms with E-state index in [0.29, 0.717) is 12.1 Å². The summed E-state index contributed by atoms with van der Waals surface area (Å²) in [5.41, 5.74) is 3.68. The topological polar surface area (TPSA) is 70.2 Å². The molecule has 2 aromatic carbocycles. The number of aryl methyl sites for hydroxylation is 1. The van der Waals surface area contributed by atoms with Crippen LogP contribution in [0.3, 0.4) is 0 Å². The van der Waals surface area contributed by atoms with Gasteiger partial charge in [0.2, 0.25) is 5.91 Å². The molecule has 0 saturated carbocycles. The highest BCUT2D eigenvalue weighted by atomic mass is 16.2. The zero-order valence-electron chi connectivity index (χ0n) is 16.3. The van der Waals surface area contributed by atoms with E-state index < -0.39 is 0 Å². The van der Waals surface area contributed by atoms with Crippen LogP contribution in [0.1, 0.15) is 54.7 Å². The molecule has 0 aliphatic rings. The molecule has 2 rings (SSSR count). The molecule has 5 nitrogen and oxygen atoms in total. The van der Waals surface area contributed by atoms with Gasteiger partial charge in [0.05, 0.1) is 12.6 Å². The van der Waals surface area contributed by atoms with Crippen LogP contribution in [0.15, 0.2) is 48.5 Å². The second-order valence-corrected chi connectivity index (χ2v) is 6.57. The first-order valence-electron chi connectivity index (χ1n) is 9.53. The molecule has 0 aromatic heterocycles. The SMILES string of the molecule is CCCNC(=O)c1cccc(NCC(=O)NC(C)c2ccc(CC)cc2)c1. The van der Waals surface area contributed by atoms with Gasteiger partial charge >= 0.3 is 0 Å². The van der Waals surface area contributed by atoms with Gasteiger partial charge < -0.3 is 16.0 Å². The first-order chi connectivity index (χ1) is 13.0. The van der Waals surface area contributed by atoms with Crippen molar-refractivity contribution >= 4 is 17.5 Å². The summed E-state index contributed by atoms with van der Waals surface area (Å²) in [5, 5.41) is 8.91. The standard InChI is InChI=1S/C22H29N3O2/c1-4-13-23-22(27)19-7-6-8-20(14-19)24-15-21(26)25-16(3)18-11-9-17(5-2)10-12-18/h6-12,14,16,24H,4-5,13,15H2,1-3H3,(H,23,27)(H,25,26). The summed E-state index contributed by atoms with van der Waals surface area (Å²) in [6.45, 7) is 6.90. The van der Waals surface area contributed by atoms with Crippen molar-refractivity contribution in [3.8, 4) is 0 Å². The van der Waals surface area contributed by atoms with Crippen LogP contribution >= 0.6 is 0 Å². The minimum Gasteiger partial charge on any atom is -0.376 e. The third-order valence-corrected chi connectivity index (χ3v) is 4.38. The largest absolute Gasteiger partial charge is 0.376 e. The highest BCUT2D eigenvalue weighted by molar-refractivity contribution is 5.95. The predicted octanol–water partition coefficient (Wildman–Crippen LogP) is 3.68. The first-order valence-corrected chi connectivity index (χ1v) is 9.53. The van der Waals surface area contributed by atoms with E-state index in [2.05, 4.69) is 47.1 Å². The summed E-state index contributed by atoms with van der Waals surface area (Å²) in [7, 11) is 0. The molecule has 27 heavy (non-hydrogen) atoms. The van der Waals surface area contributed by atoms with E-state index in [1.807, 2.05) is 19.9 Å². The molecule has 3 N–H and O–H groups in total. The van der Waals surface area contributed by atoms with Gasteiger partial charge in [0.25, 0.3) is 5.91 Å². The number of anilines is 1. The molecule has 0 spiro atoms. The van der Waals surface area contributed by atoms with E-state index >= 15 is 0 Å². The Hall–Kier alpha value is -2.82. The van der Waals surface area contributed by atoms with Crippen molar-refractivity contribution in [2.45, 2.75) is 39.7 Å². The predicted molar refractivity (Wildman–Crippen MR) is 110 cm³/mol. The smallest absolute Gasteiger partial charge is 0.251 e. The van der Waals surface area contributed by atoms with Crippen molar-refractivity contribution in [2.24, 2.45) is 0 Å². The number of nitrogens with one attached hydrogen (secondary N) is 3. The minimum atomic E-state index is -0.103. The zero-order valence-corrected chi connectivity index (χ0v) is 16.3. The number of carbonyl (C=O) groups excluding carboxylic acids is 2. The zero-order chi connectivity index (χ0) is 19.6. The molecule has 0 bridgehead atoms. The number of hydrogen-bond donors (Lipinski definition) is 3. The lowest BCUT2D eigenvalue weighted by molar-refractivity contribution is -0.120. The van der Waals surface area contributed by atoms with Crippen molar-refractivity contribution in [1.82, 2.24) is 10.6 Å². The second-order valence-electron chi connectivity index (χ2n) is 6.57. The lowest BCUT2D eigenvalue weighted by Gasteiger charge is -2.15. The second kappa shape index (κ2) is 10.4. The Kier molecular flexibility index (Phi) is 7.86. The van der Waals surface area contributed by atoms with Crippen LogP contribution in [0.2, 0.25) is 0 Å². The molecule has 5 heteroatoms. The number of hydrogen-bond acceptors (Lipinski definition) is 3. The minimum absolute atomic E-state index is 0.0589. The lowest BCUT2D eigenvalue weighted by Crippen LogP contribution is -2.32. The maximum atomic E-state index is 12.2. The third-order valence-electron chi connectivity index (χ3n) is 4.38. The fourth-order valence-corrected chi connectivity index (χ4v) is 2.71. The summed E-state index contributed by atoms with van der Waals surface area (Å²) in [5.74, 6) is -0.197. The summed E-state index contributed by atoms with van der Waals surface area (Å²) >= 11 is 0. The summed E-state index contributed by atoms with van der Waals surface area (Å²) in [4.78, 5) is 24.3. The fourth-order valence-electron chi connectivity index (χ4n) is 2.71. The van der Waals surface area contributed by atoms with Crippen LogP contribution in [0.4, 0.5) is 5.69 Å². The van der Waals surface area contributed by atoms with Crippen LogP contribution < -0.4 is 16.0 Å². The van der Waals surface area contributed by atoms with Crippen molar-refractivity contribution in [3.05, 3.63) is 65.2 Å². The summed E-state index contributed by atoms with van der Waals surface area (Å²) in [6.07, 6.45) is 1.89. The van der Waals surface area contributed by atoms with Gasteiger partial charge in [-0.1, -0.05) is 44.2 Å². The summed E-state index contributed by atoms with van der Waals surface area (Å²) in [6, 6.07) is 15.4. The van der Waals surface area contributed by atoms with Gasteiger partial charge in [-0.15, -0.1) is 0 Å². The number of amides is 2. The molecule has 0 heterocycles. The van der Waals surface area contributed by atoms with Crippen molar-refractivity contribution < 1.29 is 9.59 Å². The normalized spacial score (nSPS) is 11.5. The average Bonchev–Trinajstić information content (AvgIpc) is 2.70. The molecule has 2 amide bonds. The maximum absolute atomic E-state index is 12.2. The highest BCUT2D eigenvalue weighted by Gasteiger charge is 2.10. The van der Waals surface area contributed by atoms with E-state index in [1.165, 1.54) is 5.56 Å². The average molecular weight is 367 g/mol. The number of carbonyl (C=O) groups is 2. The molecule has 0 aliphatic carbocycles. The van der Waals surface area contributed by atoms with Crippen molar-refractivity contribution in [2.75, 3.05) is 18.4 Å². The molecular formula is C22H29N3O2. The van der Waals surface area contributed by atoms with Gasteiger partial charge in [-0.2, -0.15) is 0 Å². The van der Waals surface area contributed by atoms with Crippen LogP contribution in [-0.4, -0.2) is 24.9 Å². The van der Waals surface area contributed by atoms with Crippen molar-refractivity contribution in [3.63, 3.8) is 0 Å². The van der Waals surface area contributed by atoms with Crippen LogP contribution in [-0.2, 0) is 11.2 Å². The Morgan fingerprint density at radius 1 is 1.04 bits per heavy atom. The van der Waals surface area contributed by atoms with E-state index in [0.717, 1.165) is 24.1 Å². The number of benzene rings is 2. The van der Waals surface area contributed by atoms with Crippen LogP contribution in [0.5, 0.6) is 0 Å². The number of rotatable bonds is 9. The molecule has 0 aliphatic heterocycles. The highest BCUT2D eigenvalue weighted by Crippen LogP contribution is 2.14. The monoisotopic (exact) mass is 367 g/mol. The fraction of sp³-hybridized carbons (Fsp3) is 0.364. The van der Waals surface area contributed by atoms with Crippen molar-refractivity contribution in [1.29, 1.82) is 0 Å². The third kappa shape index (κ3) is 6.44. The van der Waals surface area contributed by atoms with E-state index in [4.69, 9.17) is 0 Å². The van der Waals surface area contributed by atoms with E-state index in [9.17, 15) is 9.59 Å². The van der Waals surface area contributed by atoms with Gasteiger partial charge in [-0.25, -0.2) is 0 Å². The molecule has 0 saturated heterocycles. The van der Waals surface area contributed by atoms with Crippen LogP contribution in [0, 0.1) is 0 Å². The van der Waals surface area contributed by atoms with Crippen LogP contribution in [0.25, 0.3) is 0 Å². The first kappa shape index (κ1) is 20.5. The molecule has 2 aromatic rings. The van der Waals surface area contributed by atoms with Gasteiger partial charge in [-0.3, -0.25) is 9.59 Å². The molecule has 0 fully saturated rings. The summed E-state index contributed by atoms with van der Waals surface area (Å²) < 4.78 is 0. The molecule has 1 unspecified atom stereocenters. The molecule has 0 radical (unpaired) electrons. The Morgan fingerprint density at radius 3 is 2.44 bits per heavy atom. The van der Waals surface area contributed by atoms with Gasteiger partial charge in [-0.05, 0) is 49.1 Å². The van der Waals surface area contributed by atoms with E-state index in [1.54, 1.807) is 18.2 Å². The van der Waals surface area contributed by atoms with Gasteiger partial charge in [0.1, 0.15) is 0 Å². The Morgan fingerprint density at radius 2 is 1.78 bits per heavy atom. The molecule has 144 valence electrons. The Bertz CT molecular complexity index is 756. The lowest BCUT2D eigenvalue weighted by atomic mass is 10.1. The maximum Gasteiger partial charge on any atom is 0.251 e. The van der Waals surface area contributed by atoms with Gasteiger partial charge in [0.15, 0.2) is 0 Å². The molecular weight excluding hydrogens is 338 g/mol. The Labute approximate surface area is 161 Å². The van der Waals surface area contributed by atoms with Gasteiger partial charge in [0, 0.05) is 17.8 Å². The molecule has 1 atom stereocenters. The Balaban J connectivity index is 1.86. The quantitative estimate of drug-likeness (QED) is 0.633. The van der Waals surface area contributed by atoms with E-state index in [-0.39, 0.29) is 24.4 Å².